The van der Waals surface area contributed by atoms with Crippen LogP contribution in [0.1, 0.15) is 52.9 Å². The van der Waals surface area contributed by atoms with Gasteiger partial charge in [-0.1, -0.05) is 30.3 Å². The molecule has 0 saturated heterocycles. The summed E-state index contributed by atoms with van der Waals surface area (Å²) in [6.45, 7) is 1.54. The van der Waals surface area contributed by atoms with Crippen molar-refractivity contribution in [1.82, 2.24) is 5.32 Å². The molecule has 0 fully saturated rings. The maximum absolute atomic E-state index is 12.4. The number of aryl methyl sites for hydroxylation is 2. The Morgan fingerprint density at radius 2 is 1.83 bits per heavy atom. The van der Waals surface area contributed by atoms with Crippen LogP contribution in [-0.4, -0.2) is 30.1 Å². The summed E-state index contributed by atoms with van der Waals surface area (Å²) in [7, 11) is 0. The van der Waals surface area contributed by atoms with Gasteiger partial charge in [0, 0.05) is 4.90 Å². The molecule has 3 rings (SSSR count). The molecule has 158 valence electrons. The second-order valence-corrected chi connectivity index (χ2v) is 8.37. The maximum Gasteiger partial charge on any atom is 0.339 e. The molecule has 6 nitrogen and oxygen atoms in total. The van der Waals surface area contributed by atoms with Crippen LogP contribution in [0.3, 0.4) is 0 Å². The van der Waals surface area contributed by atoms with Gasteiger partial charge in [-0.15, -0.1) is 11.8 Å². The van der Waals surface area contributed by atoms with Crippen molar-refractivity contribution in [2.75, 3.05) is 12.4 Å². The predicted molar refractivity (Wildman–Crippen MR) is 116 cm³/mol. The highest BCUT2D eigenvalue weighted by molar-refractivity contribution is 8.00. The molecule has 0 heterocycles. The Labute approximate surface area is 180 Å². The normalized spacial score (nSPS) is 13.8. The van der Waals surface area contributed by atoms with Crippen molar-refractivity contribution < 1.29 is 19.1 Å². The molecule has 3 N–H and O–H groups in total. The fraction of sp³-hybridized carbons (Fsp3) is 0.348. The van der Waals surface area contributed by atoms with Gasteiger partial charge in [-0.2, -0.15) is 0 Å². The minimum Gasteiger partial charge on any atom is -0.452 e. The number of nitrogens with one attached hydrogen (secondary N) is 1. The lowest BCUT2D eigenvalue weighted by molar-refractivity contribution is -0.124. The second-order valence-electron chi connectivity index (χ2n) is 7.35. The lowest BCUT2D eigenvalue weighted by Crippen LogP contribution is -2.31. The van der Waals surface area contributed by atoms with Gasteiger partial charge in [-0.25, -0.2) is 4.79 Å². The first-order valence-electron chi connectivity index (χ1n) is 10.0. The van der Waals surface area contributed by atoms with E-state index in [9.17, 15) is 14.4 Å². The average Bonchev–Trinajstić information content (AvgIpc) is 2.75. The summed E-state index contributed by atoms with van der Waals surface area (Å²) >= 11 is 1.16. The van der Waals surface area contributed by atoms with Gasteiger partial charge in [0.2, 0.25) is 5.91 Å². The number of fused-ring (bicyclic) bond motifs is 1. The van der Waals surface area contributed by atoms with Gasteiger partial charge in [-0.05, 0) is 61.4 Å². The van der Waals surface area contributed by atoms with Crippen LogP contribution in [-0.2, 0) is 27.2 Å². The number of ether oxygens (including phenoxy) is 1. The van der Waals surface area contributed by atoms with E-state index in [0.29, 0.717) is 10.5 Å². The first-order chi connectivity index (χ1) is 14.4. The number of amides is 2. The molecule has 0 bridgehead atoms. The summed E-state index contributed by atoms with van der Waals surface area (Å²) in [6, 6.07) is 12.9. The Balaban J connectivity index is 1.54. The molecule has 0 aromatic heterocycles. The van der Waals surface area contributed by atoms with Crippen LogP contribution in [0, 0.1) is 0 Å². The summed E-state index contributed by atoms with van der Waals surface area (Å²) in [5.41, 5.74) is 9.27. The first-order valence-corrected chi connectivity index (χ1v) is 11.0. The summed E-state index contributed by atoms with van der Waals surface area (Å²) < 4.78 is 5.18. The number of carbonyl (C=O) groups is 3. The van der Waals surface area contributed by atoms with Crippen LogP contribution in [0.25, 0.3) is 0 Å². The van der Waals surface area contributed by atoms with Crippen molar-refractivity contribution in [3.8, 4) is 0 Å². The zero-order chi connectivity index (χ0) is 21.5. The van der Waals surface area contributed by atoms with Crippen LogP contribution < -0.4 is 11.1 Å². The Morgan fingerprint density at radius 1 is 1.10 bits per heavy atom. The lowest BCUT2D eigenvalue weighted by atomic mass is 9.89. The van der Waals surface area contributed by atoms with E-state index in [0.717, 1.165) is 30.2 Å². The van der Waals surface area contributed by atoms with Crippen molar-refractivity contribution in [2.45, 2.75) is 43.5 Å². The molecular formula is C23H26N2O4S. The Hall–Kier alpha value is -2.80. The highest BCUT2D eigenvalue weighted by Crippen LogP contribution is 2.25. The highest BCUT2D eigenvalue weighted by Gasteiger charge is 2.17. The van der Waals surface area contributed by atoms with E-state index in [-0.39, 0.29) is 24.3 Å². The highest BCUT2D eigenvalue weighted by atomic mass is 32.2. The molecule has 30 heavy (non-hydrogen) atoms. The van der Waals surface area contributed by atoms with E-state index in [1.54, 1.807) is 24.3 Å². The molecular weight excluding hydrogens is 400 g/mol. The third-order valence-electron chi connectivity index (χ3n) is 5.06. The van der Waals surface area contributed by atoms with E-state index in [1.165, 1.54) is 24.0 Å². The zero-order valence-corrected chi connectivity index (χ0v) is 17.8. The number of primary amides is 1. The van der Waals surface area contributed by atoms with Crippen molar-refractivity contribution >= 4 is 29.5 Å². The topological polar surface area (TPSA) is 98.5 Å². The van der Waals surface area contributed by atoms with Crippen LogP contribution in [0.4, 0.5) is 0 Å². The van der Waals surface area contributed by atoms with E-state index < -0.39 is 11.9 Å². The molecule has 2 amide bonds. The standard InChI is InChI=1S/C23H26N2O4S/c1-15(17-11-10-16-6-2-3-7-18(16)12-17)25-22(27)13-29-23(28)19-8-4-5-9-20(19)30-14-21(24)26/h4-5,8-12,15H,2-3,6-7,13-14H2,1H3,(H2,24,26)(H,25,27). The molecule has 1 unspecified atom stereocenters. The summed E-state index contributed by atoms with van der Waals surface area (Å²) in [5.74, 6) is -1.39. The Kier molecular flexibility index (Phi) is 7.52. The lowest BCUT2D eigenvalue weighted by Gasteiger charge is -2.20. The molecule has 1 aliphatic rings. The SMILES string of the molecule is CC(NC(=O)COC(=O)c1ccccc1SCC(N)=O)c1ccc2c(c1)CCCC2. The van der Waals surface area contributed by atoms with Crippen molar-refractivity contribution in [3.05, 3.63) is 64.7 Å². The smallest absolute Gasteiger partial charge is 0.339 e. The number of carbonyl (C=O) groups excluding carboxylic acids is 3. The van der Waals surface area contributed by atoms with Gasteiger partial charge >= 0.3 is 5.97 Å². The first kappa shape index (κ1) is 21.9. The third-order valence-corrected chi connectivity index (χ3v) is 6.16. The quantitative estimate of drug-likeness (QED) is 0.499. The zero-order valence-electron chi connectivity index (χ0n) is 17.0. The predicted octanol–water partition coefficient (Wildman–Crippen LogP) is 3.18. The number of hydrogen-bond acceptors (Lipinski definition) is 5. The van der Waals surface area contributed by atoms with Crippen molar-refractivity contribution in [1.29, 1.82) is 0 Å². The number of nitrogens with two attached hydrogens (primary N) is 1. The fourth-order valence-electron chi connectivity index (χ4n) is 3.51. The van der Waals surface area contributed by atoms with Crippen molar-refractivity contribution in [3.63, 3.8) is 0 Å². The molecule has 0 spiro atoms. The molecule has 0 radical (unpaired) electrons. The van der Waals surface area contributed by atoms with E-state index >= 15 is 0 Å². The minimum absolute atomic E-state index is 0.0586. The number of hydrogen-bond donors (Lipinski definition) is 2. The van der Waals surface area contributed by atoms with Crippen molar-refractivity contribution in [2.24, 2.45) is 5.73 Å². The summed E-state index contributed by atoms with van der Waals surface area (Å²) in [5, 5.41) is 2.88. The van der Waals surface area contributed by atoms with Crippen LogP contribution in [0.2, 0.25) is 0 Å². The Bertz CT molecular complexity index is 945. The number of benzene rings is 2. The van der Waals surface area contributed by atoms with E-state index in [4.69, 9.17) is 10.5 Å². The number of esters is 1. The Morgan fingerprint density at radius 3 is 2.60 bits per heavy atom. The van der Waals surface area contributed by atoms with Crippen LogP contribution in [0.5, 0.6) is 0 Å². The molecule has 1 atom stereocenters. The van der Waals surface area contributed by atoms with Gasteiger partial charge in [0.25, 0.3) is 5.91 Å². The third kappa shape index (κ3) is 5.86. The summed E-state index contributed by atoms with van der Waals surface area (Å²) in [4.78, 5) is 36.3. The number of rotatable bonds is 8. The monoisotopic (exact) mass is 426 g/mol. The molecule has 1 aliphatic carbocycles. The molecule has 2 aromatic carbocycles. The fourth-order valence-corrected chi connectivity index (χ4v) is 4.29. The number of thioether (sulfide) groups is 1. The molecule has 7 heteroatoms. The van der Waals surface area contributed by atoms with E-state index in [2.05, 4.69) is 17.4 Å². The van der Waals surface area contributed by atoms with Gasteiger partial charge in [0.05, 0.1) is 17.4 Å². The minimum atomic E-state index is -0.612. The average molecular weight is 427 g/mol. The van der Waals surface area contributed by atoms with E-state index in [1.807, 2.05) is 13.0 Å². The second kappa shape index (κ2) is 10.3. The summed E-state index contributed by atoms with van der Waals surface area (Å²) in [6.07, 6.45) is 4.63. The van der Waals surface area contributed by atoms with Crippen LogP contribution >= 0.6 is 11.8 Å². The maximum atomic E-state index is 12.4. The largest absolute Gasteiger partial charge is 0.452 e. The van der Waals surface area contributed by atoms with Gasteiger partial charge < -0.3 is 15.8 Å². The van der Waals surface area contributed by atoms with Gasteiger partial charge in [0.15, 0.2) is 6.61 Å². The van der Waals surface area contributed by atoms with Gasteiger partial charge in [0.1, 0.15) is 0 Å². The molecule has 0 saturated carbocycles. The van der Waals surface area contributed by atoms with Crippen LogP contribution in [0.15, 0.2) is 47.4 Å². The van der Waals surface area contributed by atoms with Gasteiger partial charge in [-0.3, -0.25) is 9.59 Å². The molecule has 0 aliphatic heterocycles. The molecule has 2 aromatic rings.